The van der Waals surface area contributed by atoms with Crippen LogP contribution in [0.4, 0.5) is 0 Å². The fourth-order valence-corrected chi connectivity index (χ4v) is 3.80. The maximum Gasteiger partial charge on any atom is 0.297 e. The second kappa shape index (κ2) is 5.13. The molecule has 0 N–H and O–H groups in total. The van der Waals surface area contributed by atoms with Crippen LogP contribution in [0.5, 0.6) is 0 Å². The molecular formula is C15H22O3SSi. The van der Waals surface area contributed by atoms with Gasteiger partial charge in [-0.3, -0.25) is 4.18 Å². The molecule has 5 heteroatoms. The maximum atomic E-state index is 12.3. The minimum atomic E-state index is -3.68. The Labute approximate surface area is 122 Å². The minimum Gasteiger partial charge on any atom is -0.255 e. The first kappa shape index (κ1) is 15.5. The molecule has 2 rings (SSSR count). The van der Waals surface area contributed by atoms with Crippen LogP contribution in [0.2, 0.25) is 19.6 Å². The van der Waals surface area contributed by atoms with Crippen molar-refractivity contribution >= 4 is 18.2 Å². The van der Waals surface area contributed by atoms with E-state index in [4.69, 9.17) is 4.18 Å². The summed E-state index contributed by atoms with van der Waals surface area (Å²) in [5.41, 5.74) is 2.60. The number of hydrogen-bond acceptors (Lipinski definition) is 3. The van der Waals surface area contributed by atoms with E-state index in [0.717, 1.165) is 18.4 Å². The fraction of sp³-hybridized carbons (Fsp3) is 0.467. The van der Waals surface area contributed by atoms with E-state index >= 15 is 0 Å². The van der Waals surface area contributed by atoms with E-state index in [1.807, 2.05) is 13.0 Å². The summed E-state index contributed by atoms with van der Waals surface area (Å²) in [6.07, 6.45) is 3.52. The fourth-order valence-electron chi connectivity index (χ4n) is 1.77. The lowest BCUT2D eigenvalue weighted by Gasteiger charge is -2.15. The first-order valence-electron chi connectivity index (χ1n) is 6.85. The molecule has 1 saturated carbocycles. The normalized spacial score (nSPS) is 18.4. The lowest BCUT2D eigenvalue weighted by molar-refractivity contribution is 0.237. The molecule has 0 heterocycles. The standard InChI is InChI=1S/C15H22O3SSi/c1-13-5-7-14(8-6-13)19(16,17)18-15(9-10-15)11-12-20(2,3)4/h5-8,11-12H,9-10H2,1-4H3/b12-11+. The number of aryl methyl sites for hydroxylation is 1. The highest BCUT2D eigenvalue weighted by Crippen LogP contribution is 2.43. The molecule has 0 atom stereocenters. The second-order valence-electron chi connectivity index (χ2n) is 6.61. The number of benzene rings is 1. The summed E-state index contributed by atoms with van der Waals surface area (Å²) >= 11 is 0. The molecule has 3 nitrogen and oxygen atoms in total. The van der Waals surface area contributed by atoms with Crippen molar-refractivity contribution in [2.24, 2.45) is 0 Å². The van der Waals surface area contributed by atoms with Gasteiger partial charge in [0, 0.05) is 0 Å². The minimum absolute atomic E-state index is 0.232. The third-order valence-electron chi connectivity index (χ3n) is 3.22. The van der Waals surface area contributed by atoms with Crippen LogP contribution in [0.3, 0.4) is 0 Å². The molecule has 0 unspecified atom stereocenters. The predicted octanol–water partition coefficient (Wildman–Crippen LogP) is 3.67. The Morgan fingerprint density at radius 2 is 1.70 bits per heavy atom. The van der Waals surface area contributed by atoms with Crippen LogP contribution in [0.1, 0.15) is 18.4 Å². The smallest absolute Gasteiger partial charge is 0.255 e. The van der Waals surface area contributed by atoms with Gasteiger partial charge in [-0.2, -0.15) is 8.42 Å². The third kappa shape index (κ3) is 4.04. The van der Waals surface area contributed by atoms with Gasteiger partial charge in [0.15, 0.2) is 0 Å². The van der Waals surface area contributed by atoms with Gasteiger partial charge in [0.25, 0.3) is 10.1 Å². The molecule has 1 aromatic rings. The van der Waals surface area contributed by atoms with Crippen LogP contribution in [0, 0.1) is 6.92 Å². The monoisotopic (exact) mass is 310 g/mol. The molecule has 0 aliphatic heterocycles. The Kier molecular flexibility index (Phi) is 3.97. The molecule has 1 aromatic carbocycles. The summed E-state index contributed by atoms with van der Waals surface area (Å²) in [4.78, 5) is 0.232. The average molecular weight is 310 g/mol. The van der Waals surface area contributed by atoms with E-state index in [-0.39, 0.29) is 4.90 Å². The van der Waals surface area contributed by atoms with Crippen molar-refractivity contribution in [1.82, 2.24) is 0 Å². The quantitative estimate of drug-likeness (QED) is 0.615. The molecule has 20 heavy (non-hydrogen) atoms. The van der Waals surface area contributed by atoms with Gasteiger partial charge < -0.3 is 0 Å². The Morgan fingerprint density at radius 3 is 2.15 bits per heavy atom. The van der Waals surface area contributed by atoms with Gasteiger partial charge in [0.05, 0.1) is 13.0 Å². The van der Waals surface area contributed by atoms with Gasteiger partial charge in [-0.1, -0.05) is 49.1 Å². The van der Waals surface area contributed by atoms with Crippen LogP contribution >= 0.6 is 0 Å². The summed E-state index contributed by atoms with van der Waals surface area (Å²) < 4.78 is 30.0. The zero-order chi connectivity index (χ0) is 15.0. The van der Waals surface area contributed by atoms with Crippen molar-refractivity contribution in [1.29, 1.82) is 0 Å². The number of hydrogen-bond donors (Lipinski definition) is 0. The van der Waals surface area contributed by atoms with Crippen molar-refractivity contribution < 1.29 is 12.6 Å². The molecule has 1 fully saturated rings. The molecule has 0 spiro atoms. The Balaban J connectivity index is 2.17. The summed E-state index contributed by atoms with van der Waals surface area (Å²) in [5.74, 6) is 0. The highest BCUT2D eigenvalue weighted by Gasteiger charge is 2.46. The third-order valence-corrected chi connectivity index (χ3v) is 5.78. The first-order valence-corrected chi connectivity index (χ1v) is 11.8. The van der Waals surface area contributed by atoms with Crippen LogP contribution in [0.15, 0.2) is 40.9 Å². The van der Waals surface area contributed by atoms with Crippen molar-refractivity contribution in [3.63, 3.8) is 0 Å². The van der Waals surface area contributed by atoms with Crippen molar-refractivity contribution in [3.8, 4) is 0 Å². The summed E-state index contributed by atoms with van der Waals surface area (Å²) in [5, 5.41) is 0. The largest absolute Gasteiger partial charge is 0.297 e. The van der Waals surface area contributed by atoms with E-state index in [0.29, 0.717) is 0 Å². The van der Waals surface area contributed by atoms with Gasteiger partial charge >= 0.3 is 0 Å². The lowest BCUT2D eigenvalue weighted by Crippen LogP contribution is -2.21. The maximum absolute atomic E-state index is 12.3. The predicted molar refractivity (Wildman–Crippen MR) is 83.9 cm³/mol. The highest BCUT2D eigenvalue weighted by molar-refractivity contribution is 7.86. The number of rotatable bonds is 5. The van der Waals surface area contributed by atoms with E-state index in [1.54, 1.807) is 24.3 Å². The Morgan fingerprint density at radius 1 is 1.15 bits per heavy atom. The average Bonchev–Trinajstić information content (AvgIpc) is 3.06. The topological polar surface area (TPSA) is 43.4 Å². The molecule has 110 valence electrons. The van der Waals surface area contributed by atoms with E-state index in [2.05, 4.69) is 25.3 Å². The molecule has 1 aliphatic carbocycles. The Bertz CT molecular complexity index is 606. The van der Waals surface area contributed by atoms with E-state index < -0.39 is 23.8 Å². The van der Waals surface area contributed by atoms with E-state index in [9.17, 15) is 8.42 Å². The van der Waals surface area contributed by atoms with Crippen molar-refractivity contribution in [2.75, 3.05) is 0 Å². The molecular weight excluding hydrogens is 288 g/mol. The van der Waals surface area contributed by atoms with Crippen LogP contribution in [0.25, 0.3) is 0 Å². The van der Waals surface area contributed by atoms with Gasteiger partial charge in [-0.15, -0.1) is 0 Å². The zero-order valence-corrected chi connectivity index (χ0v) is 14.3. The first-order chi connectivity index (χ1) is 9.12. The van der Waals surface area contributed by atoms with Crippen LogP contribution < -0.4 is 0 Å². The lowest BCUT2D eigenvalue weighted by atomic mass is 10.2. The van der Waals surface area contributed by atoms with Crippen LogP contribution in [-0.2, 0) is 14.3 Å². The molecule has 1 aliphatic rings. The summed E-state index contributed by atoms with van der Waals surface area (Å²) in [6, 6.07) is 6.77. The van der Waals surface area contributed by atoms with Crippen molar-refractivity contribution in [3.05, 3.63) is 41.6 Å². The summed E-state index contributed by atoms with van der Waals surface area (Å²) in [6.45, 7) is 8.58. The van der Waals surface area contributed by atoms with Gasteiger partial charge in [-0.05, 0) is 31.9 Å². The molecule has 0 saturated heterocycles. The molecule has 0 aromatic heterocycles. The summed E-state index contributed by atoms with van der Waals surface area (Å²) in [7, 11) is -5.02. The molecule has 0 bridgehead atoms. The highest BCUT2D eigenvalue weighted by atomic mass is 32.2. The molecule has 0 radical (unpaired) electrons. The second-order valence-corrected chi connectivity index (χ2v) is 13.2. The van der Waals surface area contributed by atoms with Gasteiger partial charge in [0.2, 0.25) is 0 Å². The SMILES string of the molecule is Cc1ccc(S(=O)(=O)OC2(/C=C/[Si](C)(C)C)CC2)cc1. The van der Waals surface area contributed by atoms with Gasteiger partial charge in [-0.25, -0.2) is 0 Å². The zero-order valence-electron chi connectivity index (χ0n) is 12.5. The van der Waals surface area contributed by atoms with Crippen LogP contribution in [-0.4, -0.2) is 22.1 Å². The van der Waals surface area contributed by atoms with Crippen molar-refractivity contribution in [2.45, 2.75) is 49.9 Å². The Hall–Kier alpha value is -0.913. The van der Waals surface area contributed by atoms with Gasteiger partial charge in [0.1, 0.15) is 5.60 Å². The molecule has 0 amide bonds. The van der Waals surface area contributed by atoms with E-state index in [1.165, 1.54) is 0 Å².